The third kappa shape index (κ3) is 4.47. The molecule has 0 aromatic rings. The SMILES string of the molecule is COCCCC(=O)N1CCN(CCN)CC1. The second kappa shape index (κ2) is 7.60. The molecule has 0 unspecified atom stereocenters. The van der Waals surface area contributed by atoms with Crippen LogP contribution in [0.3, 0.4) is 0 Å². The summed E-state index contributed by atoms with van der Waals surface area (Å²) >= 11 is 0. The summed E-state index contributed by atoms with van der Waals surface area (Å²) in [5.74, 6) is 0.254. The van der Waals surface area contributed by atoms with Gasteiger partial charge in [-0.3, -0.25) is 9.69 Å². The molecule has 0 bridgehead atoms. The summed E-state index contributed by atoms with van der Waals surface area (Å²) in [4.78, 5) is 16.0. The maximum Gasteiger partial charge on any atom is 0.222 e. The molecule has 5 nitrogen and oxygen atoms in total. The second-order valence-corrected chi connectivity index (χ2v) is 4.11. The number of carbonyl (C=O) groups is 1. The van der Waals surface area contributed by atoms with Gasteiger partial charge in [-0.2, -0.15) is 0 Å². The van der Waals surface area contributed by atoms with E-state index in [1.54, 1.807) is 7.11 Å². The molecule has 0 aromatic carbocycles. The molecule has 1 fully saturated rings. The van der Waals surface area contributed by atoms with Crippen molar-refractivity contribution in [2.24, 2.45) is 5.73 Å². The standard InChI is InChI=1S/C11H23N3O2/c1-16-10-2-3-11(15)14-8-6-13(5-4-12)7-9-14/h2-10,12H2,1H3. The predicted octanol–water partition coefficient (Wildman–Crippen LogP) is -0.484. The molecule has 1 aliphatic heterocycles. The molecule has 0 aliphatic carbocycles. The number of piperazine rings is 1. The topological polar surface area (TPSA) is 58.8 Å². The molecule has 0 atom stereocenters. The normalized spacial score (nSPS) is 17.8. The lowest BCUT2D eigenvalue weighted by atomic mass is 10.2. The van der Waals surface area contributed by atoms with Crippen LogP contribution in [0.4, 0.5) is 0 Å². The fourth-order valence-corrected chi connectivity index (χ4v) is 1.93. The van der Waals surface area contributed by atoms with Gasteiger partial charge in [0.25, 0.3) is 0 Å². The van der Waals surface area contributed by atoms with Crippen LogP contribution in [0, 0.1) is 0 Å². The number of rotatable bonds is 6. The molecule has 0 saturated carbocycles. The molecule has 1 saturated heterocycles. The average molecular weight is 229 g/mol. The van der Waals surface area contributed by atoms with E-state index in [-0.39, 0.29) is 5.91 Å². The number of carbonyl (C=O) groups excluding carboxylic acids is 1. The van der Waals surface area contributed by atoms with E-state index in [1.165, 1.54) is 0 Å². The summed E-state index contributed by atoms with van der Waals surface area (Å²) in [5.41, 5.74) is 5.50. The molecule has 2 N–H and O–H groups in total. The number of methoxy groups -OCH3 is 1. The van der Waals surface area contributed by atoms with Crippen molar-refractivity contribution < 1.29 is 9.53 Å². The smallest absolute Gasteiger partial charge is 0.222 e. The lowest BCUT2D eigenvalue weighted by Gasteiger charge is -2.34. The molecule has 0 radical (unpaired) electrons. The van der Waals surface area contributed by atoms with E-state index in [9.17, 15) is 4.79 Å². The van der Waals surface area contributed by atoms with Crippen LogP contribution in [-0.4, -0.2) is 68.7 Å². The third-order valence-electron chi connectivity index (χ3n) is 2.91. The predicted molar refractivity (Wildman–Crippen MR) is 63.2 cm³/mol. The first-order chi connectivity index (χ1) is 7.77. The molecule has 1 amide bonds. The van der Waals surface area contributed by atoms with Crippen LogP contribution >= 0.6 is 0 Å². The van der Waals surface area contributed by atoms with Gasteiger partial charge in [0.2, 0.25) is 5.91 Å². The number of hydrogen-bond donors (Lipinski definition) is 1. The number of nitrogens with zero attached hydrogens (tertiary/aromatic N) is 2. The fourth-order valence-electron chi connectivity index (χ4n) is 1.93. The van der Waals surface area contributed by atoms with Gasteiger partial charge in [0, 0.05) is 59.4 Å². The summed E-state index contributed by atoms with van der Waals surface area (Å²) in [6.45, 7) is 5.88. The molecule has 94 valence electrons. The number of amides is 1. The molecular weight excluding hydrogens is 206 g/mol. The number of ether oxygens (including phenoxy) is 1. The van der Waals surface area contributed by atoms with Crippen molar-refractivity contribution in [1.82, 2.24) is 9.80 Å². The van der Waals surface area contributed by atoms with Crippen LogP contribution in [0.2, 0.25) is 0 Å². The zero-order chi connectivity index (χ0) is 11.8. The van der Waals surface area contributed by atoms with Gasteiger partial charge in [-0.05, 0) is 6.42 Å². The average Bonchev–Trinajstić information content (AvgIpc) is 2.30. The first-order valence-corrected chi connectivity index (χ1v) is 5.97. The maximum absolute atomic E-state index is 11.8. The third-order valence-corrected chi connectivity index (χ3v) is 2.91. The zero-order valence-corrected chi connectivity index (χ0v) is 10.2. The van der Waals surface area contributed by atoms with Crippen LogP contribution in [0.1, 0.15) is 12.8 Å². The Kier molecular flexibility index (Phi) is 6.37. The van der Waals surface area contributed by atoms with Gasteiger partial charge in [0.1, 0.15) is 0 Å². The molecule has 16 heavy (non-hydrogen) atoms. The first-order valence-electron chi connectivity index (χ1n) is 5.97. The van der Waals surface area contributed by atoms with Crippen LogP contribution in [0.25, 0.3) is 0 Å². The summed E-state index contributed by atoms with van der Waals surface area (Å²) in [5, 5.41) is 0. The largest absolute Gasteiger partial charge is 0.385 e. The number of hydrogen-bond acceptors (Lipinski definition) is 4. The summed E-state index contributed by atoms with van der Waals surface area (Å²) in [6, 6.07) is 0. The first kappa shape index (κ1) is 13.4. The number of nitrogens with two attached hydrogens (primary N) is 1. The van der Waals surface area contributed by atoms with Crippen molar-refractivity contribution in [2.75, 3.05) is 53.0 Å². The van der Waals surface area contributed by atoms with Crippen LogP contribution in [0.5, 0.6) is 0 Å². The zero-order valence-electron chi connectivity index (χ0n) is 10.2. The van der Waals surface area contributed by atoms with Gasteiger partial charge in [-0.15, -0.1) is 0 Å². The van der Waals surface area contributed by atoms with Crippen LogP contribution in [0.15, 0.2) is 0 Å². The molecule has 5 heteroatoms. The van der Waals surface area contributed by atoms with Crippen molar-refractivity contribution in [3.05, 3.63) is 0 Å². The van der Waals surface area contributed by atoms with Gasteiger partial charge in [0.15, 0.2) is 0 Å². The highest BCUT2D eigenvalue weighted by Gasteiger charge is 2.19. The minimum absolute atomic E-state index is 0.254. The Morgan fingerprint density at radius 2 is 2.00 bits per heavy atom. The summed E-state index contributed by atoms with van der Waals surface area (Å²) in [6.07, 6.45) is 1.42. The Morgan fingerprint density at radius 1 is 1.31 bits per heavy atom. The lowest BCUT2D eigenvalue weighted by Crippen LogP contribution is -2.49. The van der Waals surface area contributed by atoms with Crippen LogP contribution in [-0.2, 0) is 9.53 Å². The minimum Gasteiger partial charge on any atom is -0.385 e. The Morgan fingerprint density at radius 3 is 2.56 bits per heavy atom. The van der Waals surface area contributed by atoms with E-state index in [1.807, 2.05) is 4.90 Å². The molecule has 1 rings (SSSR count). The van der Waals surface area contributed by atoms with Crippen molar-refractivity contribution >= 4 is 5.91 Å². The second-order valence-electron chi connectivity index (χ2n) is 4.11. The Labute approximate surface area is 97.5 Å². The molecule has 1 aliphatic rings. The van der Waals surface area contributed by atoms with Crippen molar-refractivity contribution in [3.8, 4) is 0 Å². The Hall–Kier alpha value is -0.650. The van der Waals surface area contributed by atoms with Gasteiger partial charge >= 0.3 is 0 Å². The highest BCUT2D eigenvalue weighted by molar-refractivity contribution is 5.76. The summed E-state index contributed by atoms with van der Waals surface area (Å²) < 4.78 is 4.94. The fraction of sp³-hybridized carbons (Fsp3) is 0.909. The highest BCUT2D eigenvalue weighted by atomic mass is 16.5. The Balaban J connectivity index is 2.17. The van der Waals surface area contributed by atoms with Crippen molar-refractivity contribution in [3.63, 3.8) is 0 Å². The van der Waals surface area contributed by atoms with Gasteiger partial charge in [-0.1, -0.05) is 0 Å². The van der Waals surface area contributed by atoms with E-state index in [2.05, 4.69) is 4.90 Å². The van der Waals surface area contributed by atoms with Gasteiger partial charge in [0.05, 0.1) is 0 Å². The maximum atomic E-state index is 11.8. The lowest BCUT2D eigenvalue weighted by molar-refractivity contribution is -0.133. The highest BCUT2D eigenvalue weighted by Crippen LogP contribution is 2.04. The summed E-state index contributed by atoms with van der Waals surface area (Å²) in [7, 11) is 1.66. The minimum atomic E-state index is 0.254. The van der Waals surface area contributed by atoms with E-state index < -0.39 is 0 Å². The van der Waals surface area contributed by atoms with Crippen molar-refractivity contribution in [2.45, 2.75) is 12.8 Å². The monoisotopic (exact) mass is 229 g/mol. The van der Waals surface area contributed by atoms with E-state index in [0.29, 0.717) is 19.6 Å². The van der Waals surface area contributed by atoms with Crippen LogP contribution < -0.4 is 5.73 Å². The van der Waals surface area contributed by atoms with Crippen molar-refractivity contribution in [1.29, 1.82) is 0 Å². The molecule has 1 heterocycles. The van der Waals surface area contributed by atoms with E-state index >= 15 is 0 Å². The van der Waals surface area contributed by atoms with Gasteiger partial charge < -0.3 is 15.4 Å². The molecular formula is C11H23N3O2. The van der Waals surface area contributed by atoms with E-state index in [4.69, 9.17) is 10.5 Å². The quantitative estimate of drug-likeness (QED) is 0.625. The molecule has 0 spiro atoms. The van der Waals surface area contributed by atoms with E-state index in [0.717, 1.165) is 39.1 Å². The van der Waals surface area contributed by atoms with Gasteiger partial charge in [-0.25, -0.2) is 0 Å². The molecule has 0 aromatic heterocycles. The Bertz CT molecular complexity index is 203.